The quantitative estimate of drug-likeness (QED) is 0.541. The Bertz CT molecular complexity index is 996. The fourth-order valence-corrected chi connectivity index (χ4v) is 4.92. The lowest BCUT2D eigenvalue weighted by atomic mass is 10.0. The maximum absolute atomic E-state index is 11.3. The molecule has 32 heavy (non-hydrogen) atoms. The van der Waals surface area contributed by atoms with Crippen molar-refractivity contribution < 1.29 is 21.6 Å². The van der Waals surface area contributed by atoms with Crippen LogP contribution in [0.15, 0.2) is 48.5 Å². The van der Waals surface area contributed by atoms with Crippen LogP contribution in [0.3, 0.4) is 0 Å². The molecule has 1 heterocycles. The highest BCUT2D eigenvalue weighted by Gasteiger charge is 2.22. The van der Waals surface area contributed by atoms with Gasteiger partial charge in [-0.25, -0.2) is 16.8 Å². The molecule has 0 amide bonds. The molecule has 10 heteroatoms. The van der Waals surface area contributed by atoms with Gasteiger partial charge in [0.2, 0.25) is 20.0 Å². The average molecular weight is 482 g/mol. The van der Waals surface area contributed by atoms with Crippen LogP contribution in [0, 0.1) is 0 Å². The SMILES string of the molecule is CS(=O)(=O)Nc1ccc(CCN2CCCCC2COc2ccc(NS(C)(=O)=O)cc2)cc1. The van der Waals surface area contributed by atoms with Crippen molar-refractivity contribution >= 4 is 31.4 Å². The van der Waals surface area contributed by atoms with E-state index in [2.05, 4.69) is 14.3 Å². The Balaban J connectivity index is 1.51. The third-order valence-electron chi connectivity index (χ3n) is 5.29. The van der Waals surface area contributed by atoms with Crippen molar-refractivity contribution in [3.05, 3.63) is 54.1 Å². The molecule has 2 N–H and O–H groups in total. The molecule has 8 nitrogen and oxygen atoms in total. The summed E-state index contributed by atoms with van der Waals surface area (Å²) in [5, 5.41) is 0. The van der Waals surface area contributed by atoms with Gasteiger partial charge in [-0.3, -0.25) is 14.3 Å². The van der Waals surface area contributed by atoms with E-state index >= 15 is 0 Å². The standard InChI is InChI=1S/C22H31N3O5S2/c1-31(26,27)23-19-8-6-18(7-9-19)14-16-25-15-4-3-5-21(25)17-30-22-12-10-20(11-13-22)24-32(2,28)29/h6-13,21,23-24H,3-5,14-17H2,1-2H3. The smallest absolute Gasteiger partial charge is 0.229 e. The summed E-state index contributed by atoms with van der Waals surface area (Å²) in [5.41, 5.74) is 2.23. The Labute approximate surface area is 191 Å². The number of ether oxygens (including phenoxy) is 1. The van der Waals surface area contributed by atoms with E-state index in [-0.39, 0.29) is 0 Å². The van der Waals surface area contributed by atoms with E-state index < -0.39 is 20.0 Å². The molecule has 0 spiro atoms. The number of rotatable bonds is 10. The Hall–Kier alpha value is -2.30. The van der Waals surface area contributed by atoms with Gasteiger partial charge in [-0.15, -0.1) is 0 Å². The number of nitrogens with one attached hydrogen (secondary N) is 2. The van der Waals surface area contributed by atoms with Crippen LogP contribution < -0.4 is 14.2 Å². The summed E-state index contributed by atoms with van der Waals surface area (Å²) in [6, 6.07) is 14.7. The molecule has 2 aromatic rings. The van der Waals surface area contributed by atoms with Crippen LogP contribution in [-0.2, 0) is 26.5 Å². The zero-order valence-corrected chi connectivity index (χ0v) is 20.1. The predicted molar refractivity (Wildman–Crippen MR) is 128 cm³/mol. The van der Waals surface area contributed by atoms with Crippen LogP contribution in [0.4, 0.5) is 11.4 Å². The first-order valence-electron chi connectivity index (χ1n) is 10.6. The molecule has 0 saturated carbocycles. The average Bonchev–Trinajstić information content (AvgIpc) is 2.71. The normalized spacial score (nSPS) is 17.6. The number of piperidine rings is 1. The number of likely N-dealkylation sites (tertiary alicyclic amines) is 1. The zero-order valence-electron chi connectivity index (χ0n) is 18.5. The van der Waals surface area contributed by atoms with Crippen LogP contribution >= 0.6 is 0 Å². The number of hydrogen-bond donors (Lipinski definition) is 2. The number of nitrogens with zero attached hydrogens (tertiary/aromatic N) is 1. The molecule has 1 fully saturated rings. The van der Waals surface area contributed by atoms with Gasteiger partial charge in [0.05, 0.1) is 12.5 Å². The second-order valence-corrected chi connectivity index (χ2v) is 11.7. The van der Waals surface area contributed by atoms with Gasteiger partial charge in [-0.05, 0) is 67.8 Å². The van der Waals surface area contributed by atoms with Gasteiger partial charge in [0.15, 0.2) is 0 Å². The molecule has 0 radical (unpaired) electrons. The largest absolute Gasteiger partial charge is 0.492 e. The Morgan fingerprint density at radius 1 is 0.875 bits per heavy atom. The van der Waals surface area contributed by atoms with E-state index in [9.17, 15) is 16.8 Å². The predicted octanol–water partition coefficient (Wildman–Crippen LogP) is 2.91. The Kier molecular flexibility index (Phi) is 8.02. The van der Waals surface area contributed by atoms with Crippen molar-refractivity contribution in [3.63, 3.8) is 0 Å². The van der Waals surface area contributed by atoms with E-state index in [1.54, 1.807) is 36.4 Å². The minimum absolute atomic E-state index is 0.323. The van der Waals surface area contributed by atoms with Gasteiger partial charge >= 0.3 is 0 Å². The maximum atomic E-state index is 11.3. The van der Waals surface area contributed by atoms with Crippen LogP contribution in [0.25, 0.3) is 0 Å². The highest BCUT2D eigenvalue weighted by Crippen LogP contribution is 2.21. The van der Waals surface area contributed by atoms with Crippen LogP contribution in [-0.4, -0.2) is 60.0 Å². The second kappa shape index (κ2) is 10.5. The molecular formula is C22H31N3O5S2. The summed E-state index contributed by atoms with van der Waals surface area (Å²) in [4.78, 5) is 2.45. The minimum Gasteiger partial charge on any atom is -0.492 e. The molecule has 3 rings (SSSR count). The van der Waals surface area contributed by atoms with E-state index in [0.29, 0.717) is 29.8 Å². The molecule has 1 aliphatic rings. The van der Waals surface area contributed by atoms with Crippen molar-refractivity contribution in [1.29, 1.82) is 0 Å². The highest BCUT2D eigenvalue weighted by molar-refractivity contribution is 7.92. The van der Waals surface area contributed by atoms with Gasteiger partial charge in [-0.1, -0.05) is 18.6 Å². The lowest BCUT2D eigenvalue weighted by Gasteiger charge is -2.35. The molecular weight excluding hydrogens is 450 g/mol. The number of anilines is 2. The van der Waals surface area contributed by atoms with Crippen LogP contribution in [0.2, 0.25) is 0 Å². The van der Waals surface area contributed by atoms with E-state index in [1.807, 2.05) is 12.1 Å². The van der Waals surface area contributed by atoms with Crippen LogP contribution in [0.1, 0.15) is 24.8 Å². The molecule has 1 unspecified atom stereocenters. The van der Waals surface area contributed by atoms with Crippen molar-refractivity contribution in [1.82, 2.24) is 4.90 Å². The fourth-order valence-electron chi connectivity index (χ4n) is 3.80. The van der Waals surface area contributed by atoms with Crippen molar-refractivity contribution in [2.75, 3.05) is 41.7 Å². The van der Waals surface area contributed by atoms with E-state index in [4.69, 9.17) is 4.74 Å². The van der Waals surface area contributed by atoms with E-state index in [0.717, 1.165) is 44.0 Å². The topological polar surface area (TPSA) is 105 Å². The van der Waals surface area contributed by atoms with Crippen molar-refractivity contribution in [2.24, 2.45) is 0 Å². The zero-order chi connectivity index (χ0) is 23.2. The molecule has 1 aliphatic heterocycles. The maximum Gasteiger partial charge on any atom is 0.229 e. The van der Waals surface area contributed by atoms with Crippen LogP contribution in [0.5, 0.6) is 5.75 Å². The molecule has 1 atom stereocenters. The molecule has 0 aromatic heterocycles. The highest BCUT2D eigenvalue weighted by atomic mass is 32.2. The molecule has 1 saturated heterocycles. The van der Waals surface area contributed by atoms with Gasteiger partial charge in [-0.2, -0.15) is 0 Å². The number of hydrogen-bond acceptors (Lipinski definition) is 6. The van der Waals surface area contributed by atoms with Gasteiger partial charge in [0.1, 0.15) is 12.4 Å². The first kappa shape index (κ1) is 24.3. The summed E-state index contributed by atoms with van der Waals surface area (Å²) in [5.74, 6) is 0.712. The summed E-state index contributed by atoms with van der Waals surface area (Å²) < 4.78 is 56.2. The monoisotopic (exact) mass is 481 g/mol. The molecule has 176 valence electrons. The number of sulfonamides is 2. The lowest BCUT2D eigenvalue weighted by molar-refractivity contribution is 0.101. The van der Waals surface area contributed by atoms with Gasteiger partial charge in [0.25, 0.3) is 0 Å². The van der Waals surface area contributed by atoms with Gasteiger partial charge in [0, 0.05) is 24.0 Å². The summed E-state index contributed by atoms with van der Waals surface area (Å²) in [7, 11) is -6.56. The summed E-state index contributed by atoms with van der Waals surface area (Å²) >= 11 is 0. The third kappa shape index (κ3) is 8.33. The number of benzene rings is 2. The van der Waals surface area contributed by atoms with E-state index in [1.165, 1.54) is 12.8 Å². The van der Waals surface area contributed by atoms with Crippen molar-refractivity contribution in [2.45, 2.75) is 31.7 Å². The molecule has 2 aromatic carbocycles. The third-order valence-corrected chi connectivity index (χ3v) is 6.51. The fraction of sp³-hybridized carbons (Fsp3) is 0.455. The molecule has 0 bridgehead atoms. The molecule has 0 aliphatic carbocycles. The van der Waals surface area contributed by atoms with Gasteiger partial charge < -0.3 is 4.74 Å². The first-order valence-corrected chi connectivity index (χ1v) is 14.4. The Morgan fingerprint density at radius 3 is 2.00 bits per heavy atom. The minimum atomic E-state index is -3.29. The lowest BCUT2D eigenvalue weighted by Crippen LogP contribution is -2.44. The second-order valence-electron chi connectivity index (χ2n) is 8.22. The summed E-state index contributed by atoms with van der Waals surface area (Å²) in [6.07, 6.45) is 6.55. The van der Waals surface area contributed by atoms with Crippen molar-refractivity contribution in [3.8, 4) is 5.75 Å². The summed E-state index contributed by atoms with van der Waals surface area (Å²) in [6.45, 7) is 2.51. The Morgan fingerprint density at radius 2 is 1.44 bits per heavy atom. The first-order chi connectivity index (χ1) is 15.1.